The van der Waals surface area contributed by atoms with Crippen molar-refractivity contribution in [1.82, 2.24) is 0 Å². The van der Waals surface area contributed by atoms with Gasteiger partial charge in [-0.15, -0.1) is 0 Å². The Morgan fingerprint density at radius 2 is 1.71 bits per heavy atom. The maximum Gasteiger partial charge on any atom is 0.0658 e. The van der Waals surface area contributed by atoms with Crippen molar-refractivity contribution in [3.05, 3.63) is 0 Å². The number of hydrogen-bond donors (Lipinski definition) is 1. The highest BCUT2D eigenvalue weighted by atomic mass is 32.2. The average Bonchev–Trinajstić information content (AvgIpc) is 2.23. The fraction of sp³-hybridized carbons (Fsp3) is 1.00. The zero-order chi connectivity index (χ0) is 9.80. The molecular weight excluding hydrogens is 196 g/mol. The van der Waals surface area contributed by atoms with E-state index in [0.717, 1.165) is 24.9 Å². The Labute approximate surface area is 90.4 Å². The first-order valence-corrected chi connectivity index (χ1v) is 6.72. The number of aliphatic hydroxyl groups is 1. The number of thioether (sulfide) groups is 1. The van der Waals surface area contributed by atoms with Crippen LogP contribution in [0.25, 0.3) is 0 Å². The van der Waals surface area contributed by atoms with Gasteiger partial charge in [-0.3, -0.25) is 0 Å². The van der Waals surface area contributed by atoms with E-state index in [0.29, 0.717) is 5.25 Å². The van der Waals surface area contributed by atoms with E-state index < -0.39 is 0 Å². The highest BCUT2D eigenvalue weighted by Crippen LogP contribution is 2.34. The van der Waals surface area contributed by atoms with Crippen molar-refractivity contribution in [3.8, 4) is 0 Å². The van der Waals surface area contributed by atoms with Gasteiger partial charge in [0, 0.05) is 23.7 Å². The van der Waals surface area contributed by atoms with Crippen molar-refractivity contribution in [2.75, 3.05) is 13.2 Å². The van der Waals surface area contributed by atoms with E-state index in [1.807, 2.05) is 11.8 Å². The molecule has 3 heteroatoms. The molecule has 1 aliphatic heterocycles. The van der Waals surface area contributed by atoms with Crippen molar-refractivity contribution in [2.24, 2.45) is 0 Å². The number of hydrogen-bond acceptors (Lipinski definition) is 3. The SMILES string of the molecule is O[C@H]1CCCC[C@@H]1SC1CCOCC1. The highest BCUT2D eigenvalue weighted by Gasteiger charge is 2.27. The van der Waals surface area contributed by atoms with Gasteiger partial charge in [0.15, 0.2) is 0 Å². The second kappa shape index (κ2) is 5.38. The summed E-state index contributed by atoms with van der Waals surface area (Å²) in [6, 6.07) is 0. The summed E-state index contributed by atoms with van der Waals surface area (Å²) in [6.07, 6.45) is 7.05. The third kappa shape index (κ3) is 2.88. The summed E-state index contributed by atoms with van der Waals surface area (Å²) in [5, 5.41) is 11.1. The van der Waals surface area contributed by atoms with Gasteiger partial charge in [0.05, 0.1) is 6.10 Å². The predicted octanol–water partition coefficient (Wildman–Crippen LogP) is 2.20. The fourth-order valence-electron chi connectivity index (χ4n) is 2.30. The first-order chi connectivity index (χ1) is 6.86. The van der Waals surface area contributed by atoms with Gasteiger partial charge in [-0.1, -0.05) is 12.8 Å². The van der Waals surface area contributed by atoms with Crippen LogP contribution in [0.1, 0.15) is 38.5 Å². The Bertz CT molecular complexity index is 169. The minimum atomic E-state index is -0.0448. The maximum absolute atomic E-state index is 9.85. The van der Waals surface area contributed by atoms with E-state index in [9.17, 15) is 5.11 Å². The Morgan fingerprint density at radius 1 is 1.00 bits per heavy atom. The standard InChI is InChI=1S/C11H20O2S/c12-10-3-1-2-4-11(10)14-9-5-7-13-8-6-9/h9-12H,1-8H2/t10-,11-/m0/s1. The predicted molar refractivity (Wildman–Crippen MR) is 59.7 cm³/mol. The largest absolute Gasteiger partial charge is 0.392 e. The van der Waals surface area contributed by atoms with E-state index in [-0.39, 0.29) is 6.10 Å². The normalized spacial score (nSPS) is 35.8. The molecular formula is C11H20O2S. The number of rotatable bonds is 2. The van der Waals surface area contributed by atoms with Crippen molar-refractivity contribution in [1.29, 1.82) is 0 Å². The molecule has 1 N–H and O–H groups in total. The van der Waals surface area contributed by atoms with E-state index in [1.165, 1.54) is 32.1 Å². The van der Waals surface area contributed by atoms with Gasteiger partial charge in [0.25, 0.3) is 0 Å². The second-order valence-electron chi connectivity index (χ2n) is 4.34. The van der Waals surface area contributed by atoms with Gasteiger partial charge in [0.1, 0.15) is 0 Å². The first-order valence-electron chi connectivity index (χ1n) is 5.77. The monoisotopic (exact) mass is 216 g/mol. The molecule has 0 aromatic carbocycles. The van der Waals surface area contributed by atoms with Crippen LogP contribution >= 0.6 is 11.8 Å². The molecule has 0 bridgehead atoms. The van der Waals surface area contributed by atoms with E-state index >= 15 is 0 Å². The van der Waals surface area contributed by atoms with Gasteiger partial charge in [-0.2, -0.15) is 11.8 Å². The van der Waals surface area contributed by atoms with Crippen LogP contribution in [0.2, 0.25) is 0 Å². The summed E-state index contributed by atoms with van der Waals surface area (Å²) >= 11 is 2.02. The van der Waals surface area contributed by atoms with Gasteiger partial charge >= 0.3 is 0 Å². The summed E-state index contributed by atoms with van der Waals surface area (Å²) in [6.45, 7) is 1.83. The smallest absolute Gasteiger partial charge is 0.0658 e. The zero-order valence-corrected chi connectivity index (χ0v) is 9.47. The van der Waals surface area contributed by atoms with Gasteiger partial charge in [0.2, 0.25) is 0 Å². The molecule has 82 valence electrons. The molecule has 14 heavy (non-hydrogen) atoms. The molecule has 2 aliphatic rings. The molecule has 0 unspecified atom stereocenters. The molecule has 2 nitrogen and oxygen atoms in total. The first kappa shape index (κ1) is 10.8. The Balaban J connectivity index is 1.76. The molecule has 1 heterocycles. The molecule has 0 amide bonds. The Morgan fingerprint density at radius 3 is 2.43 bits per heavy atom. The molecule has 0 radical (unpaired) electrons. The van der Waals surface area contributed by atoms with Crippen molar-refractivity contribution in [3.63, 3.8) is 0 Å². The minimum Gasteiger partial charge on any atom is -0.392 e. The quantitative estimate of drug-likeness (QED) is 0.767. The summed E-state index contributed by atoms with van der Waals surface area (Å²) in [5.74, 6) is 0. The topological polar surface area (TPSA) is 29.5 Å². The van der Waals surface area contributed by atoms with Crippen LogP contribution in [0.5, 0.6) is 0 Å². The van der Waals surface area contributed by atoms with E-state index in [1.54, 1.807) is 0 Å². The van der Waals surface area contributed by atoms with Gasteiger partial charge in [-0.25, -0.2) is 0 Å². The lowest BCUT2D eigenvalue weighted by Gasteiger charge is -2.31. The molecule has 2 fully saturated rings. The summed E-state index contributed by atoms with van der Waals surface area (Å²) in [7, 11) is 0. The van der Waals surface area contributed by atoms with Crippen molar-refractivity contribution < 1.29 is 9.84 Å². The van der Waals surface area contributed by atoms with Crippen LogP contribution in [0, 0.1) is 0 Å². The summed E-state index contributed by atoms with van der Waals surface area (Å²) < 4.78 is 5.34. The lowest BCUT2D eigenvalue weighted by Crippen LogP contribution is -2.30. The highest BCUT2D eigenvalue weighted by molar-refractivity contribution is 8.00. The van der Waals surface area contributed by atoms with Gasteiger partial charge in [-0.05, 0) is 25.7 Å². The molecule has 0 aromatic rings. The lowest BCUT2D eigenvalue weighted by molar-refractivity contribution is 0.0988. The molecule has 0 aromatic heterocycles. The molecule has 0 spiro atoms. The fourth-order valence-corrected chi connectivity index (χ4v) is 3.87. The maximum atomic E-state index is 9.85. The average molecular weight is 216 g/mol. The van der Waals surface area contributed by atoms with Crippen molar-refractivity contribution in [2.45, 2.75) is 55.1 Å². The van der Waals surface area contributed by atoms with Crippen LogP contribution in [0.4, 0.5) is 0 Å². The molecule has 1 aliphatic carbocycles. The zero-order valence-electron chi connectivity index (χ0n) is 8.65. The third-order valence-corrected chi connectivity index (χ3v) is 4.96. The Kier molecular flexibility index (Phi) is 4.14. The number of ether oxygens (including phenoxy) is 1. The van der Waals surface area contributed by atoms with Crippen LogP contribution in [-0.2, 0) is 4.74 Å². The van der Waals surface area contributed by atoms with Crippen LogP contribution in [-0.4, -0.2) is 34.9 Å². The minimum absolute atomic E-state index is 0.0448. The third-order valence-electron chi connectivity index (χ3n) is 3.20. The second-order valence-corrected chi connectivity index (χ2v) is 5.88. The number of aliphatic hydroxyl groups excluding tert-OH is 1. The van der Waals surface area contributed by atoms with E-state index in [4.69, 9.17) is 4.74 Å². The van der Waals surface area contributed by atoms with Crippen LogP contribution < -0.4 is 0 Å². The van der Waals surface area contributed by atoms with Crippen molar-refractivity contribution >= 4 is 11.8 Å². The summed E-state index contributed by atoms with van der Waals surface area (Å²) in [4.78, 5) is 0. The molecule has 2 rings (SSSR count). The lowest BCUT2D eigenvalue weighted by atomic mass is 9.97. The molecule has 2 atom stereocenters. The van der Waals surface area contributed by atoms with Crippen LogP contribution in [0.3, 0.4) is 0 Å². The summed E-state index contributed by atoms with van der Waals surface area (Å²) in [5.41, 5.74) is 0. The molecule has 1 saturated carbocycles. The van der Waals surface area contributed by atoms with E-state index in [2.05, 4.69) is 0 Å². The molecule has 1 saturated heterocycles. The van der Waals surface area contributed by atoms with Gasteiger partial charge < -0.3 is 9.84 Å². The van der Waals surface area contributed by atoms with Crippen LogP contribution in [0.15, 0.2) is 0 Å². The Hall–Kier alpha value is 0.270.